The average molecular weight is 254 g/mol. The number of nitrogens with zero attached hydrogens (tertiary/aromatic N) is 2. The van der Waals surface area contributed by atoms with Crippen LogP contribution >= 0.6 is 24.0 Å². The van der Waals surface area contributed by atoms with E-state index in [0.717, 1.165) is 28.0 Å². The van der Waals surface area contributed by atoms with E-state index in [1.54, 1.807) is 22.2 Å². The Kier molecular flexibility index (Phi) is 3.35. The smallest absolute Gasteiger partial charge is 0.262 e. The van der Waals surface area contributed by atoms with E-state index in [2.05, 4.69) is 17.6 Å². The van der Waals surface area contributed by atoms with Crippen molar-refractivity contribution in [2.75, 3.05) is 5.75 Å². The molecule has 0 amide bonds. The molecule has 86 valence electrons. The molecule has 2 aromatic rings. The highest BCUT2D eigenvalue weighted by molar-refractivity contribution is 7.80. The minimum atomic E-state index is 0.0774. The SMILES string of the molecule is Cc1sc2ncn(CCCS)c(=O)c2c1C. The first-order chi connectivity index (χ1) is 7.65. The maximum absolute atomic E-state index is 12.2. The van der Waals surface area contributed by atoms with Crippen molar-refractivity contribution in [2.45, 2.75) is 26.8 Å². The molecule has 2 heterocycles. The molecule has 3 nitrogen and oxygen atoms in total. The third-order valence-electron chi connectivity index (χ3n) is 2.71. The highest BCUT2D eigenvalue weighted by Gasteiger charge is 2.11. The minimum Gasteiger partial charge on any atom is -0.299 e. The quantitative estimate of drug-likeness (QED) is 0.854. The molecule has 0 aromatic carbocycles. The molecule has 2 rings (SSSR count). The molecule has 0 spiro atoms. The lowest BCUT2D eigenvalue weighted by atomic mass is 10.2. The number of rotatable bonds is 3. The van der Waals surface area contributed by atoms with E-state index in [-0.39, 0.29) is 5.56 Å². The van der Waals surface area contributed by atoms with Gasteiger partial charge in [-0.3, -0.25) is 9.36 Å². The van der Waals surface area contributed by atoms with E-state index in [4.69, 9.17) is 0 Å². The molecule has 2 aromatic heterocycles. The standard InChI is InChI=1S/C11H14N2OS2/c1-7-8(2)16-10-9(7)11(14)13(6-12-10)4-3-5-15/h6,15H,3-5H2,1-2H3. The second-order valence-electron chi connectivity index (χ2n) is 3.78. The largest absolute Gasteiger partial charge is 0.299 e. The molecule has 0 N–H and O–H groups in total. The number of aromatic nitrogens is 2. The number of aryl methyl sites for hydroxylation is 3. The van der Waals surface area contributed by atoms with Gasteiger partial charge in [0.1, 0.15) is 4.83 Å². The predicted octanol–water partition coefficient (Wildman–Crippen LogP) is 2.39. The lowest BCUT2D eigenvalue weighted by Gasteiger charge is -2.03. The molecule has 0 aliphatic heterocycles. The van der Waals surface area contributed by atoms with Crippen molar-refractivity contribution in [1.82, 2.24) is 9.55 Å². The number of thiophene rings is 1. The van der Waals surface area contributed by atoms with Crippen LogP contribution < -0.4 is 5.56 Å². The summed E-state index contributed by atoms with van der Waals surface area (Å²) in [5, 5.41) is 0.782. The highest BCUT2D eigenvalue weighted by Crippen LogP contribution is 2.25. The number of hydrogen-bond acceptors (Lipinski definition) is 4. The molecule has 0 radical (unpaired) electrons. The van der Waals surface area contributed by atoms with Gasteiger partial charge in [-0.05, 0) is 31.6 Å². The van der Waals surface area contributed by atoms with Crippen molar-refractivity contribution in [2.24, 2.45) is 0 Å². The second-order valence-corrected chi connectivity index (χ2v) is 5.43. The van der Waals surface area contributed by atoms with E-state index < -0.39 is 0 Å². The summed E-state index contributed by atoms with van der Waals surface area (Å²) in [4.78, 5) is 18.5. The predicted molar refractivity (Wildman–Crippen MR) is 71.8 cm³/mol. The normalized spacial score (nSPS) is 11.2. The fourth-order valence-electron chi connectivity index (χ4n) is 1.67. The van der Waals surface area contributed by atoms with Gasteiger partial charge in [-0.1, -0.05) is 0 Å². The molecule has 0 fully saturated rings. The van der Waals surface area contributed by atoms with Gasteiger partial charge in [0, 0.05) is 11.4 Å². The van der Waals surface area contributed by atoms with Crippen molar-refractivity contribution in [3.8, 4) is 0 Å². The summed E-state index contributed by atoms with van der Waals surface area (Å²) in [6.07, 6.45) is 2.53. The summed E-state index contributed by atoms with van der Waals surface area (Å²) >= 11 is 5.74. The lowest BCUT2D eigenvalue weighted by molar-refractivity contribution is 0.653. The van der Waals surface area contributed by atoms with Crippen LogP contribution in [0, 0.1) is 13.8 Å². The molecule has 0 bridgehead atoms. The van der Waals surface area contributed by atoms with Gasteiger partial charge in [-0.25, -0.2) is 4.98 Å². The third-order valence-corrected chi connectivity index (χ3v) is 4.14. The van der Waals surface area contributed by atoms with Crippen LogP contribution in [0.2, 0.25) is 0 Å². The fourth-order valence-corrected chi connectivity index (χ4v) is 2.80. The van der Waals surface area contributed by atoms with Crippen molar-refractivity contribution in [3.05, 3.63) is 27.1 Å². The zero-order valence-corrected chi connectivity index (χ0v) is 11.1. The Morgan fingerprint density at radius 1 is 1.50 bits per heavy atom. The lowest BCUT2D eigenvalue weighted by Crippen LogP contribution is -2.20. The van der Waals surface area contributed by atoms with E-state index >= 15 is 0 Å². The summed E-state index contributed by atoms with van der Waals surface area (Å²) in [6, 6.07) is 0. The van der Waals surface area contributed by atoms with Crippen LogP contribution in [-0.4, -0.2) is 15.3 Å². The van der Waals surface area contributed by atoms with Crippen molar-refractivity contribution in [1.29, 1.82) is 0 Å². The second kappa shape index (κ2) is 4.59. The van der Waals surface area contributed by atoms with Crippen molar-refractivity contribution >= 4 is 34.2 Å². The van der Waals surface area contributed by atoms with Crippen molar-refractivity contribution < 1.29 is 0 Å². The van der Waals surface area contributed by atoms with Crippen LogP contribution in [0.5, 0.6) is 0 Å². The van der Waals surface area contributed by atoms with Crippen LogP contribution in [0.3, 0.4) is 0 Å². The summed E-state index contributed by atoms with van der Waals surface area (Å²) in [5.74, 6) is 0.784. The summed E-state index contributed by atoms with van der Waals surface area (Å²) in [5.41, 5.74) is 1.14. The Hall–Kier alpha value is -0.810. The Balaban J connectivity index is 2.59. The molecular formula is C11H14N2OS2. The summed E-state index contributed by atoms with van der Waals surface area (Å²) < 4.78 is 1.68. The Morgan fingerprint density at radius 2 is 2.25 bits per heavy atom. The Morgan fingerprint density at radius 3 is 2.94 bits per heavy atom. The maximum atomic E-state index is 12.2. The molecule has 0 saturated carbocycles. The van der Waals surface area contributed by atoms with Crippen LogP contribution in [0.25, 0.3) is 10.2 Å². The van der Waals surface area contributed by atoms with Crippen LogP contribution in [0.15, 0.2) is 11.1 Å². The van der Waals surface area contributed by atoms with Gasteiger partial charge in [0.2, 0.25) is 0 Å². The zero-order valence-electron chi connectivity index (χ0n) is 9.36. The highest BCUT2D eigenvalue weighted by atomic mass is 32.1. The third kappa shape index (κ3) is 1.89. The van der Waals surface area contributed by atoms with Gasteiger partial charge in [0.15, 0.2) is 0 Å². The van der Waals surface area contributed by atoms with Crippen LogP contribution in [0.4, 0.5) is 0 Å². The molecule has 5 heteroatoms. The Labute approximate surface area is 104 Å². The monoisotopic (exact) mass is 254 g/mol. The molecule has 0 saturated heterocycles. The van der Waals surface area contributed by atoms with E-state index in [9.17, 15) is 4.79 Å². The summed E-state index contributed by atoms with van der Waals surface area (Å²) in [7, 11) is 0. The van der Waals surface area contributed by atoms with Gasteiger partial charge in [-0.2, -0.15) is 12.6 Å². The maximum Gasteiger partial charge on any atom is 0.262 e. The van der Waals surface area contributed by atoms with Gasteiger partial charge in [-0.15, -0.1) is 11.3 Å². The average Bonchev–Trinajstić information content (AvgIpc) is 2.55. The topological polar surface area (TPSA) is 34.9 Å². The number of thiol groups is 1. The Bertz CT molecular complexity index is 571. The van der Waals surface area contributed by atoms with E-state index in [1.165, 1.54) is 4.88 Å². The van der Waals surface area contributed by atoms with Gasteiger partial charge < -0.3 is 0 Å². The van der Waals surface area contributed by atoms with E-state index in [1.807, 2.05) is 13.8 Å². The number of fused-ring (bicyclic) bond motifs is 1. The van der Waals surface area contributed by atoms with E-state index in [0.29, 0.717) is 6.54 Å². The molecule has 0 aliphatic rings. The van der Waals surface area contributed by atoms with Crippen LogP contribution in [-0.2, 0) is 6.54 Å². The summed E-state index contributed by atoms with van der Waals surface area (Å²) in [6.45, 7) is 4.71. The van der Waals surface area contributed by atoms with Gasteiger partial charge in [0.05, 0.1) is 11.7 Å². The van der Waals surface area contributed by atoms with Gasteiger partial charge >= 0.3 is 0 Å². The van der Waals surface area contributed by atoms with Crippen LogP contribution in [0.1, 0.15) is 16.9 Å². The van der Waals surface area contributed by atoms with Gasteiger partial charge in [0.25, 0.3) is 5.56 Å². The first-order valence-corrected chi connectivity index (χ1v) is 6.66. The molecule has 0 aliphatic carbocycles. The fraction of sp³-hybridized carbons (Fsp3) is 0.455. The molecule has 0 atom stereocenters. The van der Waals surface area contributed by atoms with Crippen molar-refractivity contribution in [3.63, 3.8) is 0 Å². The zero-order chi connectivity index (χ0) is 11.7. The molecule has 0 unspecified atom stereocenters. The first-order valence-electron chi connectivity index (χ1n) is 5.21. The molecular weight excluding hydrogens is 240 g/mol. The minimum absolute atomic E-state index is 0.0774. The first kappa shape index (κ1) is 11.7. The molecule has 16 heavy (non-hydrogen) atoms. The number of hydrogen-bond donors (Lipinski definition) is 1.